The molecule has 2 aliphatic heterocycles. The lowest BCUT2D eigenvalue weighted by molar-refractivity contribution is -0.147. The number of ether oxygens (including phenoxy) is 1. The van der Waals surface area contributed by atoms with E-state index < -0.39 is 0 Å². The predicted octanol–water partition coefficient (Wildman–Crippen LogP) is 1.93. The second-order valence-electron chi connectivity index (χ2n) is 6.49. The Kier molecular flexibility index (Phi) is 5.62. The van der Waals surface area contributed by atoms with Gasteiger partial charge in [0.25, 0.3) is 0 Å². The van der Waals surface area contributed by atoms with Gasteiger partial charge in [-0.3, -0.25) is 14.7 Å². The molecule has 1 aromatic heterocycles. The summed E-state index contributed by atoms with van der Waals surface area (Å²) in [5.74, 6) is 0.366. The maximum Gasteiger partial charge on any atom is 0.228 e. The summed E-state index contributed by atoms with van der Waals surface area (Å²) in [6.07, 6.45) is 4.86. The third kappa shape index (κ3) is 4.09. The third-order valence-electron chi connectivity index (χ3n) is 4.96. The summed E-state index contributed by atoms with van der Waals surface area (Å²) in [5.41, 5.74) is 1.10. The van der Waals surface area contributed by atoms with Gasteiger partial charge in [0, 0.05) is 45.5 Å². The minimum absolute atomic E-state index is 0.0658. The van der Waals surface area contributed by atoms with Crippen LogP contribution in [0.5, 0.6) is 0 Å². The van der Waals surface area contributed by atoms with Crippen molar-refractivity contribution < 1.29 is 9.53 Å². The summed E-state index contributed by atoms with van der Waals surface area (Å²) in [4.78, 5) is 21.6. The molecule has 3 rings (SSSR count). The zero-order valence-corrected chi connectivity index (χ0v) is 14.0. The molecule has 1 amide bonds. The molecule has 126 valence electrons. The average molecular weight is 317 g/mol. The van der Waals surface area contributed by atoms with E-state index in [4.69, 9.17) is 4.74 Å². The summed E-state index contributed by atoms with van der Waals surface area (Å²) in [7, 11) is 0. The Morgan fingerprint density at radius 1 is 1.30 bits per heavy atom. The van der Waals surface area contributed by atoms with Gasteiger partial charge in [0.05, 0.1) is 17.7 Å². The first kappa shape index (κ1) is 16.4. The Morgan fingerprint density at radius 2 is 2.13 bits per heavy atom. The summed E-state index contributed by atoms with van der Waals surface area (Å²) < 4.78 is 5.79. The lowest BCUT2D eigenvalue weighted by Crippen LogP contribution is -2.52. The number of carbonyl (C=O) groups excluding carboxylic acids is 1. The highest BCUT2D eigenvalue weighted by atomic mass is 16.5. The van der Waals surface area contributed by atoms with Gasteiger partial charge in [0.1, 0.15) is 0 Å². The maximum atomic E-state index is 12.8. The molecule has 2 aliphatic rings. The molecule has 0 unspecified atom stereocenters. The van der Waals surface area contributed by atoms with Crippen molar-refractivity contribution in [2.24, 2.45) is 5.92 Å². The highest BCUT2D eigenvalue weighted by molar-refractivity contribution is 5.79. The zero-order valence-electron chi connectivity index (χ0n) is 14.0. The first-order chi connectivity index (χ1) is 11.3. The molecule has 5 heteroatoms. The van der Waals surface area contributed by atoms with Crippen molar-refractivity contribution in [1.29, 1.82) is 0 Å². The number of nitrogens with zero attached hydrogens (tertiary/aromatic N) is 3. The highest BCUT2D eigenvalue weighted by Gasteiger charge is 2.34. The normalized spacial score (nSPS) is 26.2. The number of pyridine rings is 1. The maximum absolute atomic E-state index is 12.8. The molecule has 3 heterocycles. The van der Waals surface area contributed by atoms with Crippen molar-refractivity contribution in [1.82, 2.24) is 14.8 Å². The van der Waals surface area contributed by atoms with Crippen LogP contribution in [0.25, 0.3) is 0 Å². The third-order valence-corrected chi connectivity index (χ3v) is 4.96. The van der Waals surface area contributed by atoms with Crippen LogP contribution in [-0.4, -0.2) is 59.6 Å². The molecular formula is C18H27N3O2. The van der Waals surface area contributed by atoms with Crippen LogP contribution in [0.3, 0.4) is 0 Å². The summed E-state index contributed by atoms with van der Waals surface area (Å²) in [6, 6.07) is 6.02. The van der Waals surface area contributed by atoms with Gasteiger partial charge >= 0.3 is 0 Å². The number of aromatic nitrogens is 1. The first-order valence-electron chi connectivity index (χ1n) is 8.80. The Hall–Kier alpha value is -1.46. The largest absolute Gasteiger partial charge is 0.377 e. The van der Waals surface area contributed by atoms with Gasteiger partial charge in [0.15, 0.2) is 0 Å². The molecule has 0 aliphatic carbocycles. The topological polar surface area (TPSA) is 45.7 Å². The van der Waals surface area contributed by atoms with Gasteiger partial charge in [0.2, 0.25) is 5.91 Å². The van der Waals surface area contributed by atoms with E-state index in [-0.39, 0.29) is 12.0 Å². The number of hydrogen-bond acceptors (Lipinski definition) is 4. The number of hydrogen-bond donors (Lipinski definition) is 0. The lowest BCUT2D eigenvalue weighted by Gasteiger charge is -2.39. The van der Waals surface area contributed by atoms with Crippen LogP contribution in [0.4, 0.5) is 0 Å². The molecule has 0 bridgehead atoms. The summed E-state index contributed by atoms with van der Waals surface area (Å²) >= 11 is 0. The number of amides is 1. The zero-order chi connectivity index (χ0) is 16.1. The molecule has 0 spiro atoms. The number of piperazine rings is 1. The van der Waals surface area contributed by atoms with Crippen LogP contribution in [0, 0.1) is 5.92 Å². The van der Waals surface area contributed by atoms with Gasteiger partial charge in [-0.05, 0) is 31.4 Å². The smallest absolute Gasteiger partial charge is 0.228 e. The van der Waals surface area contributed by atoms with E-state index in [9.17, 15) is 4.79 Å². The fourth-order valence-corrected chi connectivity index (χ4v) is 3.61. The van der Waals surface area contributed by atoms with Crippen LogP contribution in [0.2, 0.25) is 0 Å². The van der Waals surface area contributed by atoms with Crippen molar-refractivity contribution >= 4 is 5.91 Å². The van der Waals surface area contributed by atoms with Gasteiger partial charge in [-0.2, -0.15) is 0 Å². The molecule has 0 radical (unpaired) electrons. The van der Waals surface area contributed by atoms with Crippen molar-refractivity contribution in [2.45, 2.75) is 38.8 Å². The van der Waals surface area contributed by atoms with Gasteiger partial charge < -0.3 is 9.64 Å². The van der Waals surface area contributed by atoms with Crippen LogP contribution in [-0.2, 0) is 16.1 Å². The van der Waals surface area contributed by atoms with E-state index in [0.717, 1.165) is 64.3 Å². The molecule has 2 atom stereocenters. The minimum Gasteiger partial charge on any atom is -0.377 e. The first-order valence-corrected chi connectivity index (χ1v) is 8.80. The minimum atomic E-state index is 0.0658. The van der Waals surface area contributed by atoms with Crippen molar-refractivity contribution in [3.8, 4) is 0 Å². The Balaban J connectivity index is 1.51. The fourth-order valence-electron chi connectivity index (χ4n) is 3.61. The SMILES string of the molecule is CC[C@@H]1OCCC[C@@H]1C(=O)N1CCN(Cc2ccccn2)CC1. The molecule has 0 N–H and O–H groups in total. The molecule has 5 nitrogen and oxygen atoms in total. The van der Waals surface area contributed by atoms with Crippen LogP contribution in [0.15, 0.2) is 24.4 Å². The Labute approximate surface area is 138 Å². The number of rotatable bonds is 4. The van der Waals surface area contributed by atoms with E-state index in [1.807, 2.05) is 23.2 Å². The molecule has 1 aromatic rings. The van der Waals surface area contributed by atoms with Crippen molar-refractivity contribution in [3.05, 3.63) is 30.1 Å². The fraction of sp³-hybridized carbons (Fsp3) is 0.667. The summed E-state index contributed by atoms with van der Waals surface area (Å²) in [6.45, 7) is 7.27. The van der Waals surface area contributed by atoms with Crippen molar-refractivity contribution in [2.75, 3.05) is 32.8 Å². The lowest BCUT2D eigenvalue weighted by atomic mass is 9.91. The van der Waals surface area contributed by atoms with E-state index in [1.54, 1.807) is 0 Å². The Morgan fingerprint density at radius 3 is 2.83 bits per heavy atom. The van der Waals surface area contributed by atoms with E-state index >= 15 is 0 Å². The standard InChI is InChI=1S/C18H27N3O2/c1-2-17-16(7-5-13-23-17)18(22)21-11-9-20(10-12-21)14-15-6-3-4-8-19-15/h3-4,6,8,16-17H,2,5,7,9-14H2,1H3/t16-,17-/m0/s1. The molecule has 0 saturated carbocycles. The van der Waals surface area contributed by atoms with E-state index in [2.05, 4.69) is 22.9 Å². The highest BCUT2D eigenvalue weighted by Crippen LogP contribution is 2.25. The second kappa shape index (κ2) is 7.88. The average Bonchev–Trinajstić information content (AvgIpc) is 2.62. The molecule has 23 heavy (non-hydrogen) atoms. The number of carbonyl (C=O) groups is 1. The van der Waals surface area contributed by atoms with E-state index in [0.29, 0.717) is 5.91 Å². The second-order valence-corrected chi connectivity index (χ2v) is 6.49. The van der Waals surface area contributed by atoms with E-state index in [1.165, 1.54) is 0 Å². The van der Waals surface area contributed by atoms with Gasteiger partial charge in [-0.1, -0.05) is 13.0 Å². The molecule has 2 fully saturated rings. The quantitative estimate of drug-likeness (QED) is 0.851. The molecule has 0 aromatic carbocycles. The van der Waals surface area contributed by atoms with Crippen LogP contribution >= 0.6 is 0 Å². The van der Waals surface area contributed by atoms with Crippen LogP contribution in [0.1, 0.15) is 31.9 Å². The van der Waals surface area contributed by atoms with Crippen molar-refractivity contribution in [3.63, 3.8) is 0 Å². The Bertz CT molecular complexity index is 500. The summed E-state index contributed by atoms with van der Waals surface area (Å²) in [5, 5.41) is 0. The molecule has 2 saturated heterocycles. The van der Waals surface area contributed by atoms with Gasteiger partial charge in [-0.25, -0.2) is 0 Å². The van der Waals surface area contributed by atoms with Gasteiger partial charge in [-0.15, -0.1) is 0 Å². The monoisotopic (exact) mass is 317 g/mol. The van der Waals surface area contributed by atoms with Crippen LogP contribution < -0.4 is 0 Å². The predicted molar refractivity (Wildman–Crippen MR) is 88.8 cm³/mol. The molecular weight excluding hydrogens is 290 g/mol.